The Morgan fingerprint density at radius 2 is 1.47 bits per heavy atom. The van der Waals surface area contributed by atoms with E-state index in [1.54, 1.807) is 12.1 Å². The Morgan fingerprint density at radius 3 is 1.97 bits per heavy atom. The predicted octanol–water partition coefficient (Wildman–Crippen LogP) is 4.75. The molecule has 1 aliphatic rings. The fourth-order valence-corrected chi connectivity index (χ4v) is 3.87. The Bertz CT molecular complexity index is 863. The molecule has 0 saturated carbocycles. The third-order valence-corrected chi connectivity index (χ3v) is 5.08. The highest BCUT2D eigenvalue weighted by atomic mass is 16.5. The summed E-state index contributed by atoms with van der Waals surface area (Å²) in [6.45, 7) is 12.9. The van der Waals surface area contributed by atoms with Crippen LogP contribution in [0, 0.1) is 0 Å². The van der Waals surface area contributed by atoms with Gasteiger partial charge in [-0.1, -0.05) is 0 Å². The van der Waals surface area contributed by atoms with Gasteiger partial charge in [-0.15, -0.1) is 0 Å². The van der Waals surface area contributed by atoms with E-state index in [1.165, 1.54) is 0 Å². The van der Waals surface area contributed by atoms with Crippen molar-refractivity contribution >= 4 is 17.3 Å². The monoisotopic (exact) mass is 442 g/mol. The van der Waals surface area contributed by atoms with Crippen molar-refractivity contribution in [2.75, 3.05) is 43.1 Å². The van der Waals surface area contributed by atoms with Gasteiger partial charge in [0.2, 0.25) is 5.75 Å². The standard InChI is InChI=1S/C25H34N2O5/c1-6-29-22-13-19(14-23(30-7-2)24(22)31-8-3)25(28)26-20-9-11-21(12-10-20)27-15-17(4)32-18(5)16-27/h9-14,17-18H,6-8,15-16H2,1-5H3,(H,26,28). The van der Waals surface area contributed by atoms with E-state index in [9.17, 15) is 4.79 Å². The van der Waals surface area contributed by atoms with Crippen LogP contribution in [0.1, 0.15) is 45.0 Å². The SMILES string of the molecule is CCOc1cc(C(=O)Nc2ccc(N3CC(C)OC(C)C3)cc2)cc(OCC)c1OCC. The van der Waals surface area contributed by atoms with Crippen molar-refractivity contribution in [2.45, 2.75) is 46.8 Å². The van der Waals surface area contributed by atoms with Crippen LogP contribution in [0.4, 0.5) is 11.4 Å². The van der Waals surface area contributed by atoms with E-state index in [-0.39, 0.29) is 18.1 Å². The average molecular weight is 443 g/mol. The maximum Gasteiger partial charge on any atom is 0.255 e. The van der Waals surface area contributed by atoms with Gasteiger partial charge in [-0.25, -0.2) is 0 Å². The zero-order chi connectivity index (χ0) is 23.1. The number of anilines is 2. The van der Waals surface area contributed by atoms with Crippen molar-refractivity contribution in [3.05, 3.63) is 42.0 Å². The minimum Gasteiger partial charge on any atom is -0.490 e. The Hall–Kier alpha value is -2.93. The summed E-state index contributed by atoms with van der Waals surface area (Å²) in [5.41, 5.74) is 2.28. The highest BCUT2D eigenvalue weighted by Gasteiger charge is 2.22. The van der Waals surface area contributed by atoms with Crippen LogP contribution in [0.3, 0.4) is 0 Å². The molecule has 0 radical (unpaired) electrons. The summed E-state index contributed by atoms with van der Waals surface area (Å²) in [6.07, 6.45) is 0.383. The Labute approximate surface area is 190 Å². The van der Waals surface area contributed by atoms with Gasteiger partial charge in [0.15, 0.2) is 11.5 Å². The van der Waals surface area contributed by atoms with E-state index in [0.29, 0.717) is 42.6 Å². The minimum atomic E-state index is -0.240. The second kappa shape index (κ2) is 11.1. The first-order valence-corrected chi connectivity index (χ1v) is 11.3. The van der Waals surface area contributed by atoms with E-state index in [1.807, 2.05) is 45.0 Å². The fraction of sp³-hybridized carbons (Fsp3) is 0.480. The molecule has 7 nitrogen and oxygen atoms in total. The van der Waals surface area contributed by atoms with Crippen LogP contribution < -0.4 is 24.4 Å². The van der Waals surface area contributed by atoms with Crippen molar-refractivity contribution in [3.8, 4) is 17.2 Å². The number of ether oxygens (including phenoxy) is 4. The number of carbonyl (C=O) groups is 1. The van der Waals surface area contributed by atoms with Crippen LogP contribution in [0.2, 0.25) is 0 Å². The molecular weight excluding hydrogens is 408 g/mol. The predicted molar refractivity (Wildman–Crippen MR) is 127 cm³/mol. The smallest absolute Gasteiger partial charge is 0.255 e. The first-order chi connectivity index (χ1) is 15.4. The zero-order valence-corrected chi connectivity index (χ0v) is 19.6. The van der Waals surface area contributed by atoms with Crippen LogP contribution in [0.25, 0.3) is 0 Å². The van der Waals surface area contributed by atoms with E-state index in [4.69, 9.17) is 18.9 Å². The van der Waals surface area contributed by atoms with Crippen molar-refractivity contribution in [1.29, 1.82) is 0 Å². The summed E-state index contributed by atoms with van der Waals surface area (Å²) in [6, 6.07) is 11.3. The van der Waals surface area contributed by atoms with Crippen molar-refractivity contribution in [1.82, 2.24) is 0 Å². The summed E-state index contributed by atoms with van der Waals surface area (Å²) >= 11 is 0. The Balaban J connectivity index is 1.77. The van der Waals surface area contributed by atoms with Gasteiger partial charge in [0, 0.05) is 30.0 Å². The van der Waals surface area contributed by atoms with Gasteiger partial charge in [-0.2, -0.15) is 0 Å². The molecule has 0 bridgehead atoms. The maximum absolute atomic E-state index is 13.0. The van der Waals surface area contributed by atoms with Crippen molar-refractivity contribution in [2.24, 2.45) is 0 Å². The third kappa shape index (κ3) is 5.85. The lowest BCUT2D eigenvalue weighted by Crippen LogP contribution is -2.45. The first-order valence-electron chi connectivity index (χ1n) is 11.3. The van der Waals surface area contributed by atoms with Crippen LogP contribution in [-0.4, -0.2) is 51.0 Å². The molecule has 1 saturated heterocycles. The number of hydrogen-bond donors (Lipinski definition) is 1. The summed E-state index contributed by atoms with van der Waals surface area (Å²) in [4.78, 5) is 15.3. The van der Waals surface area contributed by atoms with Gasteiger partial charge in [-0.3, -0.25) is 4.79 Å². The topological polar surface area (TPSA) is 69.3 Å². The van der Waals surface area contributed by atoms with Crippen LogP contribution in [0.15, 0.2) is 36.4 Å². The number of hydrogen-bond acceptors (Lipinski definition) is 6. The van der Waals surface area contributed by atoms with E-state index < -0.39 is 0 Å². The molecule has 1 heterocycles. The van der Waals surface area contributed by atoms with Gasteiger partial charge in [0.05, 0.1) is 32.0 Å². The molecule has 2 unspecified atom stereocenters. The van der Waals surface area contributed by atoms with E-state index in [2.05, 4.69) is 24.1 Å². The largest absolute Gasteiger partial charge is 0.490 e. The Kier molecular flexibility index (Phi) is 8.22. The second-order valence-electron chi connectivity index (χ2n) is 7.76. The number of carbonyl (C=O) groups excluding carboxylic acids is 1. The Morgan fingerprint density at radius 1 is 0.938 bits per heavy atom. The highest BCUT2D eigenvalue weighted by Crippen LogP contribution is 2.39. The van der Waals surface area contributed by atoms with E-state index in [0.717, 1.165) is 24.5 Å². The van der Waals surface area contributed by atoms with Gasteiger partial charge in [0.1, 0.15) is 0 Å². The molecule has 0 spiro atoms. The minimum absolute atomic E-state index is 0.192. The quantitative estimate of drug-likeness (QED) is 0.605. The fourth-order valence-electron chi connectivity index (χ4n) is 3.87. The maximum atomic E-state index is 13.0. The molecule has 1 amide bonds. The number of morpholine rings is 1. The molecule has 2 aromatic carbocycles. The summed E-state index contributed by atoms with van der Waals surface area (Å²) in [5, 5.41) is 2.96. The van der Waals surface area contributed by atoms with Crippen LogP contribution in [-0.2, 0) is 4.74 Å². The lowest BCUT2D eigenvalue weighted by molar-refractivity contribution is -0.00521. The van der Waals surface area contributed by atoms with Crippen LogP contribution >= 0.6 is 0 Å². The molecule has 0 aromatic heterocycles. The average Bonchev–Trinajstić information content (AvgIpc) is 2.76. The van der Waals surface area contributed by atoms with E-state index >= 15 is 0 Å². The number of rotatable bonds is 9. The molecule has 1 N–H and O–H groups in total. The lowest BCUT2D eigenvalue weighted by Gasteiger charge is -2.36. The number of nitrogens with one attached hydrogen (secondary N) is 1. The molecule has 1 fully saturated rings. The summed E-state index contributed by atoms with van der Waals surface area (Å²) < 4.78 is 23.0. The summed E-state index contributed by atoms with van der Waals surface area (Å²) in [7, 11) is 0. The van der Waals surface area contributed by atoms with Gasteiger partial charge in [0.25, 0.3) is 5.91 Å². The second-order valence-corrected chi connectivity index (χ2v) is 7.76. The zero-order valence-electron chi connectivity index (χ0n) is 19.6. The van der Waals surface area contributed by atoms with Crippen LogP contribution in [0.5, 0.6) is 17.2 Å². The molecule has 2 atom stereocenters. The summed E-state index contributed by atoms with van der Waals surface area (Å²) in [5.74, 6) is 1.27. The van der Waals surface area contributed by atoms with Crippen molar-refractivity contribution < 1.29 is 23.7 Å². The molecule has 174 valence electrons. The van der Waals surface area contributed by atoms with Gasteiger partial charge < -0.3 is 29.2 Å². The molecule has 2 aromatic rings. The van der Waals surface area contributed by atoms with Gasteiger partial charge >= 0.3 is 0 Å². The normalized spacial score (nSPS) is 18.2. The highest BCUT2D eigenvalue weighted by molar-refractivity contribution is 6.05. The molecule has 0 aliphatic carbocycles. The number of amides is 1. The molecule has 1 aliphatic heterocycles. The molecule has 3 rings (SSSR count). The molecule has 7 heteroatoms. The first kappa shape index (κ1) is 23.7. The third-order valence-electron chi connectivity index (χ3n) is 5.08. The molecule has 32 heavy (non-hydrogen) atoms. The van der Waals surface area contributed by atoms with Crippen molar-refractivity contribution in [3.63, 3.8) is 0 Å². The lowest BCUT2D eigenvalue weighted by atomic mass is 10.1. The number of benzene rings is 2. The molecular formula is C25H34N2O5. The van der Waals surface area contributed by atoms with Gasteiger partial charge in [-0.05, 0) is 71.0 Å². The number of nitrogens with zero attached hydrogens (tertiary/aromatic N) is 1.